The van der Waals surface area contributed by atoms with Crippen LogP contribution < -0.4 is 0 Å². The van der Waals surface area contributed by atoms with Gasteiger partial charge < -0.3 is 15.1 Å². The van der Waals surface area contributed by atoms with Gasteiger partial charge >= 0.3 is 6.09 Å². The Morgan fingerprint density at radius 1 is 0.962 bits per heavy atom. The van der Waals surface area contributed by atoms with Crippen LogP contribution in [0.5, 0.6) is 0 Å². The topological polar surface area (TPSA) is 60.8 Å². The molecule has 2 aromatic carbocycles. The van der Waals surface area contributed by atoms with Gasteiger partial charge in [-0.1, -0.05) is 61.4 Å². The largest absolute Gasteiger partial charge is 0.465 e. The van der Waals surface area contributed by atoms with Crippen molar-refractivity contribution in [2.45, 2.75) is 37.6 Å². The summed E-state index contributed by atoms with van der Waals surface area (Å²) in [7, 11) is 0. The second-order valence-electron chi connectivity index (χ2n) is 7.46. The highest BCUT2D eigenvalue weighted by atomic mass is 16.4. The first-order chi connectivity index (χ1) is 12.7. The van der Waals surface area contributed by atoms with E-state index in [1.54, 1.807) is 4.90 Å². The lowest BCUT2D eigenvalue weighted by molar-refractivity contribution is 0.0600. The number of amides is 1. The maximum atomic E-state index is 12.1. The van der Waals surface area contributed by atoms with Gasteiger partial charge in [-0.2, -0.15) is 0 Å². The number of hydrogen-bond donors (Lipinski definition) is 2. The van der Waals surface area contributed by atoms with Gasteiger partial charge in [0, 0.05) is 31.0 Å². The van der Waals surface area contributed by atoms with Gasteiger partial charge in [0.2, 0.25) is 0 Å². The van der Waals surface area contributed by atoms with Crippen LogP contribution in [-0.2, 0) is 0 Å². The number of rotatable bonds is 4. The maximum absolute atomic E-state index is 12.1. The number of benzene rings is 2. The van der Waals surface area contributed by atoms with Crippen LogP contribution in [0.3, 0.4) is 0 Å². The number of hydrogen-bond acceptors (Lipinski definition) is 2. The molecule has 26 heavy (non-hydrogen) atoms. The summed E-state index contributed by atoms with van der Waals surface area (Å²) >= 11 is 0. The third kappa shape index (κ3) is 2.88. The normalized spacial score (nSPS) is 21.9. The van der Waals surface area contributed by atoms with E-state index in [1.165, 1.54) is 22.3 Å². The molecule has 1 amide bonds. The summed E-state index contributed by atoms with van der Waals surface area (Å²) in [6.45, 7) is 0.511. The monoisotopic (exact) mass is 351 g/mol. The van der Waals surface area contributed by atoms with Crippen molar-refractivity contribution >= 4 is 6.09 Å². The second kappa shape index (κ2) is 7.12. The van der Waals surface area contributed by atoms with Crippen LogP contribution in [0.4, 0.5) is 4.79 Å². The molecule has 136 valence electrons. The molecule has 0 radical (unpaired) electrons. The fraction of sp³-hybridized carbons (Fsp3) is 0.409. The molecule has 2 N–H and O–H groups in total. The number of carboxylic acid groups (broad SMARTS) is 1. The van der Waals surface area contributed by atoms with Crippen molar-refractivity contribution in [1.29, 1.82) is 0 Å². The summed E-state index contributed by atoms with van der Waals surface area (Å²) in [4.78, 5) is 13.7. The standard InChI is InChI=1S/C22H25NO3/c24-14-15-7-1-6-12-21(15)23(22(25)26)13-20-18-10-4-2-8-16(18)17-9-3-5-11-19(17)20/h2-5,8-11,15,20-21,24H,1,6-7,12-14H2,(H,25,26)/t15-,21+/m1/s1. The van der Waals surface area contributed by atoms with Crippen LogP contribution in [-0.4, -0.2) is 40.4 Å². The van der Waals surface area contributed by atoms with Gasteiger partial charge in [-0.25, -0.2) is 4.79 Å². The van der Waals surface area contributed by atoms with Crippen molar-refractivity contribution in [2.24, 2.45) is 5.92 Å². The minimum atomic E-state index is -0.878. The molecule has 0 bridgehead atoms. The molecular weight excluding hydrogens is 326 g/mol. The molecule has 4 rings (SSSR count). The lowest BCUT2D eigenvalue weighted by Gasteiger charge is -2.39. The molecule has 4 heteroatoms. The number of nitrogens with zero attached hydrogens (tertiary/aromatic N) is 1. The molecule has 0 spiro atoms. The van der Waals surface area contributed by atoms with Crippen LogP contribution >= 0.6 is 0 Å². The highest BCUT2D eigenvalue weighted by molar-refractivity contribution is 5.79. The molecule has 4 nitrogen and oxygen atoms in total. The zero-order valence-electron chi connectivity index (χ0n) is 14.8. The van der Waals surface area contributed by atoms with E-state index in [9.17, 15) is 15.0 Å². The van der Waals surface area contributed by atoms with Crippen LogP contribution in [0, 0.1) is 5.92 Å². The van der Waals surface area contributed by atoms with Gasteiger partial charge in [0.25, 0.3) is 0 Å². The fourth-order valence-corrected chi connectivity index (χ4v) is 4.82. The van der Waals surface area contributed by atoms with Gasteiger partial charge in [-0.05, 0) is 35.1 Å². The first-order valence-corrected chi connectivity index (χ1v) is 9.49. The predicted octanol–water partition coefficient (Wildman–Crippen LogP) is 4.33. The molecule has 0 saturated heterocycles. The number of carbonyl (C=O) groups is 1. The van der Waals surface area contributed by atoms with Crippen molar-refractivity contribution in [3.8, 4) is 11.1 Å². The molecule has 2 aromatic rings. The Balaban J connectivity index is 1.69. The average Bonchev–Trinajstić information content (AvgIpc) is 3.00. The minimum Gasteiger partial charge on any atom is -0.465 e. The van der Waals surface area contributed by atoms with Crippen LogP contribution in [0.1, 0.15) is 42.7 Å². The number of fused-ring (bicyclic) bond motifs is 3. The maximum Gasteiger partial charge on any atom is 0.407 e. The zero-order chi connectivity index (χ0) is 18.1. The van der Waals surface area contributed by atoms with Crippen molar-refractivity contribution < 1.29 is 15.0 Å². The van der Waals surface area contributed by atoms with Gasteiger partial charge in [-0.3, -0.25) is 0 Å². The SMILES string of the molecule is O=C(O)N(CC1c2ccccc2-c2ccccc21)[C@H]1CCCC[C@@H]1CO. The fourth-order valence-electron chi connectivity index (χ4n) is 4.82. The van der Waals surface area contributed by atoms with Crippen molar-refractivity contribution in [3.05, 3.63) is 59.7 Å². The summed E-state index contributed by atoms with van der Waals surface area (Å²) in [5.41, 5.74) is 4.83. The Morgan fingerprint density at radius 3 is 2.12 bits per heavy atom. The Morgan fingerprint density at radius 2 is 1.54 bits per heavy atom. The van der Waals surface area contributed by atoms with Gasteiger partial charge in [0.15, 0.2) is 0 Å². The van der Waals surface area contributed by atoms with Gasteiger partial charge in [0.1, 0.15) is 0 Å². The zero-order valence-corrected chi connectivity index (χ0v) is 14.8. The molecule has 0 unspecified atom stereocenters. The summed E-state index contributed by atoms with van der Waals surface area (Å²) in [5, 5.41) is 19.7. The highest BCUT2D eigenvalue weighted by Crippen LogP contribution is 2.45. The smallest absolute Gasteiger partial charge is 0.407 e. The molecule has 0 heterocycles. The van der Waals surface area contributed by atoms with Crippen molar-refractivity contribution in [1.82, 2.24) is 4.90 Å². The van der Waals surface area contributed by atoms with E-state index in [1.807, 2.05) is 24.3 Å². The molecule has 2 aliphatic carbocycles. The van der Waals surface area contributed by atoms with Crippen LogP contribution in [0.25, 0.3) is 11.1 Å². The third-order valence-corrected chi connectivity index (χ3v) is 6.09. The molecular formula is C22H25NO3. The first kappa shape index (κ1) is 17.1. The van der Waals surface area contributed by atoms with Gasteiger partial charge in [0.05, 0.1) is 0 Å². The van der Waals surface area contributed by atoms with Gasteiger partial charge in [-0.15, -0.1) is 0 Å². The first-order valence-electron chi connectivity index (χ1n) is 9.49. The lowest BCUT2D eigenvalue weighted by Crippen LogP contribution is -2.48. The lowest BCUT2D eigenvalue weighted by atomic mass is 9.83. The highest BCUT2D eigenvalue weighted by Gasteiger charge is 2.37. The Kier molecular flexibility index (Phi) is 4.68. The van der Waals surface area contributed by atoms with Crippen molar-refractivity contribution in [3.63, 3.8) is 0 Å². The van der Waals surface area contributed by atoms with Crippen LogP contribution in [0.2, 0.25) is 0 Å². The molecule has 2 atom stereocenters. The quantitative estimate of drug-likeness (QED) is 0.862. The summed E-state index contributed by atoms with van der Waals surface area (Å²) < 4.78 is 0. The average molecular weight is 351 g/mol. The van der Waals surface area contributed by atoms with E-state index >= 15 is 0 Å². The van der Waals surface area contributed by atoms with E-state index in [4.69, 9.17) is 0 Å². The summed E-state index contributed by atoms with van der Waals surface area (Å²) in [5.74, 6) is 0.103. The van der Waals surface area contributed by atoms with E-state index < -0.39 is 6.09 Å². The third-order valence-electron chi connectivity index (χ3n) is 6.09. The van der Waals surface area contributed by atoms with E-state index in [0.29, 0.717) is 6.54 Å². The molecule has 1 fully saturated rings. The van der Waals surface area contributed by atoms with Crippen LogP contribution in [0.15, 0.2) is 48.5 Å². The summed E-state index contributed by atoms with van der Waals surface area (Å²) in [6.07, 6.45) is 2.97. The van der Waals surface area contributed by atoms with Crippen molar-refractivity contribution in [2.75, 3.05) is 13.2 Å². The Labute approximate surface area is 154 Å². The Bertz CT molecular complexity index is 758. The molecule has 2 aliphatic rings. The summed E-state index contributed by atoms with van der Waals surface area (Å²) in [6, 6.07) is 16.5. The van der Waals surface area contributed by atoms with E-state index in [0.717, 1.165) is 25.7 Å². The van der Waals surface area contributed by atoms with E-state index in [2.05, 4.69) is 24.3 Å². The molecule has 0 aromatic heterocycles. The Hall–Kier alpha value is -2.33. The second-order valence-corrected chi connectivity index (χ2v) is 7.46. The van der Waals surface area contributed by atoms with E-state index in [-0.39, 0.29) is 24.5 Å². The number of aliphatic hydroxyl groups excluding tert-OH is 1. The molecule has 1 saturated carbocycles. The number of aliphatic hydroxyl groups is 1. The predicted molar refractivity (Wildman–Crippen MR) is 101 cm³/mol. The minimum absolute atomic E-state index is 0.0479. The molecule has 0 aliphatic heterocycles.